The minimum atomic E-state index is -0.553. The Morgan fingerprint density at radius 3 is 2.52 bits per heavy atom. The third-order valence-corrected chi connectivity index (χ3v) is 3.83. The third-order valence-electron chi connectivity index (χ3n) is 2.77. The van der Waals surface area contributed by atoms with Crippen LogP contribution < -0.4 is 10.1 Å². The molecular formula is C16H19F2NOS. The van der Waals surface area contributed by atoms with Crippen LogP contribution in [0.2, 0.25) is 0 Å². The number of rotatable bonds is 5. The second kappa shape index (κ2) is 6.54. The molecule has 0 unspecified atom stereocenters. The van der Waals surface area contributed by atoms with E-state index in [0.717, 1.165) is 29.6 Å². The Bertz CT molecular complexity index is 605. The van der Waals surface area contributed by atoms with Gasteiger partial charge in [-0.2, -0.15) is 0 Å². The summed E-state index contributed by atoms with van der Waals surface area (Å²) in [5.41, 5.74) is 0.0609. The van der Waals surface area contributed by atoms with Gasteiger partial charge in [-0.15, -0.1) is 11.3 Å². The summed E-state index contributed by atoms with van der Waals surface area (Å²) in [5.74, 6) is -1.12. The summed E-state index contributed by atoms with van der Waals surface area (Å²) in [6, 6.07) is 7.16. The molecule has 0 aliphatic heterocycles. The van der Waals surface area contributed by atoms with Gasteiger partial charge in [0.2, 0.25) is 0 Å². The maximum absolute atomic E-state index is 13.4. The van der Waals surface area contributed by atoms with Crippen molar-refractivity contribution in [2.75, 3.05) is 0 Å². The fourth-order valence-electron chi connectivity index (χ4n) is 1.68. The van der Waals surface area contributed by atoms with Gasteiger partial charge in [0.15, 0.2) is 11.6 Å². The van der Waals surface area contributed by atoms with E-state index in [1.165, 1.54) is 4.88 Å². The highest BCUT2D eigenvalue weighted by Gasteiger charge is 2.10. The van der Waals surface area contributed by atoms with Crippen molar-refractivity contribution >= 4 is 11.3 Å². The lowest BCUT2D eigenvalue weighted by atomic mass is 10.1. The second-order valence-corrected chi connectivity index (χ2v) is 7.09. The SMILES string of the molecule is CC(C)(C)NCc1ccc(COc2cc(F)ccc2F)s1. The molecule has 21 heavy (non-hydrogen) atoms. The van der Waals surface area contributed by atoms with Crippen LogP contribution in [-0.4, -0.2) is 5.54 Å². The molecule has 0 saturated heterocycles. The van der Waals surface area contributed by atoms with E-state index in [1.54, 1.807) is 11.3 Å². The zero-order valence-electron chi connectivity index (χ0n) is 12.4. The predicted octanol–water partition coefficient (Wildman–Crippen LogP) is 4.49. The summed E-state index contributed by atoms with van der Waals surface area (Å²) in [4.78, 5) is 2.16. The van der Waals surface area contributed by atoms with E-state index in [1.807, 2.05) is 12.1 Å². The molecule has 0 saturated carbocycles. The molecule has 114 valence electrons. The number of hydrogen-bond donors (Lipinski definition) is 1. The van der Waals surface area contributed by atoms with E-state index in [0.29, 0.717) is 0 Å². The molecule has 2 rings (SSSR count). The van der Waals surface area contributed by atoms with Crippen LogP contribution in [0.1, 0.15) is 30.5 Å². The Labute approximate surface area is 127 Å². The lowest BCUT2D eigenvalue weighted by molar-refractivity contribution is 0.291. The Morgan fingerprint density at radius 2 is 1.81 bits per heavy atom. The van der Waals surface area contributed by atoms with Crippen molar-refractivity contribution in [3.63, 3.8) is 0 Å². The van der Waals surface area contributed by atoms with Crippen LogP contribution in [0.5, 0.6) is 5.75 Å². The maximum atomic E-state index is 13.4. The predicted molar refractivity (Wildman–Crippen MR) is 81.6 cm³/mol. The first-order valence-electron chi connectivity index (χ1n) is 6.74. The van der Waals surface area contributed by atoms with Crippen molar-refractivity contribution in [3.8, 4) is 5.75 Å². The molecule has 0 aliphatic rings. The average Bonchev–Trinajstić information content (AvgIpc) is 2.85. The fourth-order valence-corrected chi connectivity index (χ4v) is 2.55. The van der Waals surface area contributed by atoms with Crippen LogP contribution in [0.15, 0.2) is 30.3 Å². The van der Waals surface area contributed by atoms with Crippen molar-refractivity contribution in [1.82, 2.24) is 5.32 Å². The van der Waals surface area contributed by atoms with E-state index in [9.17, 15) is 8.78 Å². The highest BCUT2D eigenvalue weighted by Crippen LogP contribution is 2.22. The lowest BCUT2D eigenvalue weighted by Crippen LogP contribution is -2.34. The molecule has 0 radical (unpaired) electrons. The van der Waals surface area contributed by atoms with Crippen molar-refractivity contribution in [1.29, 1.82) is 0 Å². The molecule has 1 aromatic carbocycles. The highest BCUT2D eigenvalue weighted by atomic mass is 32.1. The summed E-state index contributed by atoms with van der Waals surface area (Å²) < 4.78 is 31.8. The number of hydrogen-bond acceptors (Lipinski definition) is 3. The van der Waals surface area contributed by atoms with Gasteiger partial charge in [0, 0.05) is 27.9 Å². The number of thiophene rings is 1. The number of ether oxygens (including phenoxy) is 1. The van der Waals surface area contributed by atoms with Gasteiger partial charge in [-0.1, -0.05) is 0 Å². The van der Waals surface area contributed by atoms with E-state index in [-0.39, 0.29) is 17.9 Å². The summed E-state index contributed by atoms with van der Waals surface area (Å²) in [5, 5.41) is 3.40. The van der Waals surface area contributed by atoms with E-state index < -0.39 is 11.6 Å². The molecule has 1 heterocycles. The summed E-state index contributed by atoms with van der Waals surface area (Å²) in [6.07, 6.45) is 0. The second-order valence-electron chi connectivity index (χ2n) is 5.83. The van der Waals surface area contributed by atoms with E-state index in [4.69, 9.17) is 4.74 Å². The molecule has 1 aromatic heterocycles. The van der Waals surface area contributed by atoms with Gasteiger partial charge >= 0.3 is 0 Å². The Hall–Kier alpha value is -1.46. The summed E-state index contributed by atoms with van der Waals surface area (Å²) in [6.45, 7) is 7.34. The monoisotopic (exact) mass is 311 g/mol. The van der Waals surface area contributed by atoms with Crippen molar-refractivity contribution in [2.45, 2.75) is 39.5 Å². The number of halogens is 2. The van der Waals surface area contributed by atoms with Gasteiger partial charge in [0.1, 0.15) is 12.4 Å². The molecule has 0 aliphatic carbocycles. The van der Waals surface area contributed by atoms with Crippen molar-refractivity contribution < 1.29 is 13.5 Å². The largest absolute Gasteiger partial charge is 0.485 e. The molecule has 2 aromatic rings. The molecule has 0 spiro atoms. The molecule has 0 amide bonds. The zero-order chi connectivity index (χ0) is 15.5. The fraction of sp³-hybridized carbons (Fsp3) is 0.375. The quantitative estimate of drug-likeness (QED) is 0.878. The van der Waals surface area contributed by atoms with Crippen LogP contribution in [0.3, 0.4) is 0 Å². The van der Waals surface area contributed by atoms with Crippen molar-refractivity contribution in [2.24, 2.45) is 0 Å². The van der Waals surface area contributed by atoms with E-state index >= 15 is 0 Å². The van der Waals surface area contributed by atoms with Gasteiger partial charge in [-0.3, -0.25) is 0 Å². The standard InChI is InChI=1S/C16H19F2NOS/c1-16(2,3)19-9-12-5-6-13(21-12)10-20-15-8-11(17)4-7-14(15)18/h4-8,19H,9-10H2,1-3H3. The summed E-state index contributed by atoms with van der Waals surface area (Å²) in [7, 11) is 0. The topological polar surface area (TPSA) is 21.3 Å². The molecule has 0 atom stereocenters. The van der Waals surface area contributed by atoms with Gasteiger partial charge < -0.3 is 10.1 Å². The minimum Gasteiger partial charge on any atom is -0.485 e. The maximum Gasteiger partial charge on any atom is 0.165 e. The molecule has 1 N–H and O–H groups in total. The van der Waals surface area contributed by atoms with Crippen LogP contribution in [0, 0.1) is 11.6 Å². The van der Waals surface area contributed by atoms with Gasteiger partial charge in [0.25, 0.3) is 0 Å². The normalized spacial score (nSPS) is 11.7. The smallest absolute Gasteiger partial charge is 0.165 e. The van der Waals surface area contributed by atoms with Crippen LogP contribution >= 0.6 is 11.3 Å². The Balaban J connectivity index is 1.92. The minimum absolute atomic E-state index is 0.0576. The van der Waals surface area contributed by atoms with E-state index in [2.05, 4.69) is 26.1 Å². The number of nitrogens with one attached hydrogen (secondary N) is 1. The average molecular weight is 311 g/mol. The van der Waals surface area contributed by atoms with Gasteiger partial charge in [0.05, 0.1) is 0 Å². The first-order chi connectivity index (χ1) is 9.83. The third kappa shape index (κ3) is 5.10. The van der Waals surface area contributed by atoms with Gasteiger partial charge in [-0.05, 0) is 45.0 Å². The Kier molecular flexibility index (Phi) is 4.96. The summed E-state index contributed by atoms with van der Waals surface area (Å²) >= 11 is 1.60. The van der Waals surface area contributed by atoms with Crippen LogP contribution in [-0.2, 0) is 13.2 Å². The molecule has 5 heteroatoms. The van der Waals surface area contributed by atoms with Gasteiger partial charge in [-0.25, -0.2) is 8.78 Å². The van der Waals surface area contributed by atoms with Crippen LogP contribution in [0.25, 0.3) is 0 Å². The molecular weight excluding hydrogens is 292 g/mol. The highest BCUT2D eigenvalue weighted by molar-refractivity contribution is 7.11. The molecule has 0 bridgehead atoms. The first-order valence-corrected chi connectivity index (χ1v) is 7.55. The molecule has 2 nitrogen and oxygen atoms in total. The van der Waals surface area contributed by atoms with Crippen LogP contribution in [0.4, 0.5) is 8.78 Å². The Morgan fingerprint density at radius 1 is 1.10 bits per heavy atom. The zero-order valence-corrected chi connectivity index (χ0v) is 13.2. The number of benzene rings is 1. The molecule has 0 fully saturated rings. The first kappa shape index (κ1) is 15.9. The van der Waals surface area contributed by atoms with Crippen molar-refractivity contribution in [3.05, 3.63) is 51.7 Å². The lowest BCUT2D eigenvalue weighted by Gasteiger charge is -2.19.